The lowest BCUT2D eigenvalue weighted by Crippen LogP contribution is -2.01. The predicted octanol–water partition coefficient (Wildman–Crippen LogP) is 2.58. The molecular weight excluding hydrogens is 244 g/mol. The molecule has 5 heteroatoms. The van der Waals surface area contributed by atoms with Crippen LogP contribution in [0.3, 0.4) is 0 Å². The Morgan fingerprint density at radius 3 is 1.94 bits per heavy atom. The standard InChI is InChI=1S/C11H24O3S2/c1-2-6-13-7-3-10-15-16-11-4-8-14-9-5-12/h12H,2-11H2,1H3. The second-order valence-corrected chi connectivity index (χ2v) is 6.00. The third-order valence-electron chi connectivity index (χ3n) is 1.70. The first-order valence-corrected chi connectivity index (χ1v) is 8.41. The van der Waals surface area contributed by atoms with Crippen LogP contribution in [0.1, 0.15) is 26.2 Å². The average Bonchev–Trinajstić information content (AvgIpc) is 2.31. The van der Waals surface area contributed by atoms with Crippen molar-refractivity contribution < 1.29 is 14.6 Å². The van der Waals surface area contributed by atoms with Crippen molar-refractivity contribution in [3.8, 4) is 0 Å². The summed E-state index contributed by atoms with van der Waals surface area (Å²) in [4.78, 5) is 0. The van der Waals surface area contributed by atoms with Crippen molar-refractivity contribution in [2.45, 2.75) is 26.2 Å². The van der Waals surface area contributed by atoms with Crippen LogP contribution in [0.4, 0.5) is 0 Å². The normalized spacial score (nSPS) is 10.9. The van der Waals surface area contributed by atoms with E-state index in [0.29, 0.717) is 6.61 Å². The summed E-state index contributed by atoms with van der Waals surface area (Å²) in [7, 11) is 3.80. The molecule has 0 bridgehead atoms. The van der Waals surface area contributed by atoms with Crippen molar-refractivity contribution in [1.29, 1.82) is 0 Å². The van der Waals surface area contributed by atoms with Gasteiger partial charge in [0.05, 0.1) is 13.2 Å². The van der Waals surface area contributed by atoms with Crippen LogP contribution in [-0.2, 0) is 9.47 Å². The number of hydrogen-bond donors (Lipinski definition) is 1. The lowest BCUT2D eigenvalue weighted by molar-refractivity contribution is 0.0933. The van der Waals surface area contributed by atoms with Crippen LogP contribution in [0.15, 0.2) is 0 Å². The van der Waals surface area contributed by atoms with Crippen molar-refractivity contribution in [3.63, 3.8) is 0 Å². The largest absolute Gasteiger partial charge is 0.394 e. The van der Waals surface area contributed by atoms with Gasteiger partial charge in [-0.15, -0.1) is 0 Å². The summed E-state index contributed by atoms with van der Waals surface area (Å²) in [6.07, 6.45) is 3.30. The Hall–Kier alpha value is 0.580. The number of aliphatic hydroxyl groups is 1. The van der Waals surface area contributed by atoms with E-state index in [1.165, 1.54) is 0 Å². The molecule has 0 aliphatic rings. The Bertz CT molecular complexity index is 112. The molecule has 16 heavy (non-hydrogen) atoms. The molecule has 0 aromatic heterocycles. The SMILES string of the molecule is CCCOCCCSSCCCOCCO. The smallest absolute Gasteiger partial charge is 0.0697 e. The third-order valence-corrected chi connectivity index (χ3v) is 4.28. The summed E-state index contributed by atoms with van der Waals surface area (Å²) in [6.45, 7) is 5.25. The second-order valence-electron chi connectivity index (χ2n) is 3.30. The highest BCUT2D eigenvalue weighted by molar-refractivity contribution is 8.76. The predicted molar refractivity (Wildman–Crippen MR) is 73.2 cm³/mol. The van der Waals surface area contributed by atoms with Gasteiger partial charge < -0.3 is 14.6 Å². The lowest BCUT2D eigenvalue weighted by Gasteiger charge is -2.03. The maximum Gasteiger partial charge on any atom is 0.0697 e. The molecule has 0 aliphatic carbocycles. The molecule has 0 atom stereocenters. The highest BCUT2D eigenvalue weighted by Gasteiger charge is 1.93. The van der Waals surface area contributed by atoms with Gasteiger partial charge in [-0.1, -0.05) is 28.5 Å². The molecule has 1 N–H and O–H groups in total. The third kappa shape index (κ3) is 14.6. The minimum absolute atomic E-state index is 0.125. The number of hydrogen-bond acceptors (Lipinski definition) is 5. The Morgan fingerprint density at radius 2 is 1.44 bits per heavy atom. The van der Waals surface area contributed by atoms with E-state index >= 15 is 0 Å². The molecule has 0 saturated carbocycles. The van der Waals surface area contributed by atoms with E-state index < -0.39 is 0 Å². The zero-order chi connectivity index (χ0) is 11.9. The highest BCUT2D eigenvalue weighted by atomic mass is 33.1. The molecule has 0 radical (unpaired) electrons. The molecule has 0 fully saturated rings. The molecule has 0 saturated heterocycles. The fourth-order valence-corrected chi connectivity index (χ4v) is 3.09. The summed E-state index contributed by atoms with van der Waals surface area (Å²) in [5.41, 5.74) is 0. The zero-order valence-electron chi connectivity index (χ0n) is 10.2. The van der Waals surface area contributed by atoms with Gasteiger partial charge in [0.25, 0.3) is 0 Å². The first-order chi connectivity index (χ1) is 7.91. The molecule has 0 unspecified atom stereocenters. The highest BCUT2D eigenvalue weighted by Crippen LogP contribution is 2.22. The van der Waals surface area contributed by atoms with E-state index in [0.717, 1.165) is 50.6 Å². The molecule has 0 rings (SSSR count). The monoisotopic (exact) mass is 268 g/mol. The van der Waals surface area contributed by atoms with Gasteiger partial charge in [0, 0.05) is 31.3 Å². The maximum atomic E-state index is 8.48. The van der Waals surface area contributed by atoms with Crippen molar-refractivity contribution in [2.24, 2.45) is 0 Å². The Morgan fingerprint density at radius 1 is 0.875 bits per heavy atom. The molecular formula is C11H24O3S2. The molecule has 3 nitrogen and oxygen atoms in total. The molecule has 0 spiro atoms. The van der Waals surface area contributed by atoms with Gasteiger partial charge in [-0.25, -0.2) is 0 Å². The van der Waals surface area contributed by atoms with Crippen LogP contribution in [0.2, 0.25) is 0 Å². The zero-order valence-corrected chi connectivity index (χ0v) is 11.8. The van der Waals surface area contributed by atoms with E-state index in [4.69, 9.17) is 14.6 Å². The maximum absolute atomic E-state index is 8.48. The molecule has 98 valence electrons. The van der Waals surface area contributed by atoms with Crippen LogP contribution in [0.5, 0.6) is 0 Å². The van der Waals surface area contributed by atoms with Gasteiger partial charge in [-0.05, 0) is 19.3 Å². The van der Waals surface area contributed by atoms with E-state index in [-0.39, 0.29) is 6.61 Å². The average molecular weight is 268 g/mol. The Labute approximate surface area is 107 Å². The van der Waals surface area contributed by atoms with Gasteiger partial charge >= 0.3 is 0 Å². The summed E-state index contributed by atoms with van der Waals surface area (Å²) in [5, 5.41) is 8.48. The molecule has 0 amide bonds. The van der Waals surface area contributed by atoms with Crippen molar-refractivity contribution in [2.75, 3.05) is 44.5 Å². The molecule has 0 heterocycles. The van der Waals surface area contributed by atoms with Gasteiger partial charge in [0.1, 0.15) is 0 Å². The molecule has 0 aliphatic heterocycles. The Kier molecular flexibility index (Phi) is 16.1. The quantitative estimate of drug-likeness (QED) is 0.410. The summed E-state index contributed by atoms with van der Waals surface area (Å²) in [6, 6.07) is 0. The summed E-state index contributed by atoms with van der Waals surface area (Å²) >= 11 is 0. The number of ether oxygens (including phenoxy) is 2. The van der Waals surface area contributed by atoms with Crippen LogP contribution >= 0.6 is 21.6 Å². The first kappa shape index (κ1) is 16.6. The lowest BCUT2D eigenvalue weighted by atomic mass is 10.5. The van der Waals surface area contributed by atoms with Gasteiger partial charge in [0.15, 0.2) is 0 Å². The van der Waals surface area contributed by atoms with Crippen LogP contribution < -0.4 is 0 Å². The van der Waals surface area contributed by atoms with E-state index in [1.807, 2.05) is 21.6 Å². The van der Waals surface area contributed by atoms with Crippen molar-refractivity contribution in [1.82, 2.24) is 0 Å². The summed E-state index contributed by atoms with van der Waals surface area (Å²) in [5.74, 6) is 2.28. The summed E-state index contributed by atoms with van der Waals surface area (Å²) < 4.78 is 10.6. The first-order valence-electron chi connectivity index (χ1n) is 5.92. The molecule has 0 aromatic rings. The van der Waals surface area contributed by atoms with E-state index in [1.54, 1.807) is 0 Å². The van der Waals surface area contributed by atoms with E-state index in [9.17, 15) is 0 Å². The minimum atomic E-state index is 0.125. The molecule has 0 aromatic carbocycles. The minimum Gasteiger partial charge on any atom is -0.394 e. The van der Waals surface area contributed by atoms with Crippen LogP contribution in [0, 0.1) is 0 Å². The number of rotatable bonds is 13. The van der Waals surface area contributed by atoms with Gasteiger partial charge in [0.2, 0.25) is 0 Å². The second kappa shape index (κ2) is 15.6. The van der Waals surface area contributed by atoms with Gasteiger partial charge in [-0.3, -0.25) is 0 Å². The van der Waals surface area contributed by atoms with Crippen molar-refractivity contribution in [3.05, 3.63) is 0 Å². The topological polar surface area (TPSA) is 38.7 Å². The van der Waals surface area contributed by atoms with Crippen LogP contribution in [-0.4, -0.2) is 49.6 Å². The number of aliphatic hydroxyl groups excluding tert-OH is 1. The Balaban J connectivity index is 2.83. The van der Waals surface area contributed by atoms with Crippen molar-refractivity contribution >= 4 is 21.6 Å². The fraction of sp³-hybridized carbons (Fsp3) is 1.00. The van der Waals surface area contributed by atoms with Crippen LogP contribution in [0.25, 0.3) is 0 Å². The van der Waals surface area contributed by atoms with Gasteiger partial charge in [-0.2, -0.15) is 0 Å². The fourth-order valence-electron chi connectivity index (χ4n) is 0.971. The van der Waals surface area contributed by atoms with E-state index in [2.05, 4.69) is 6.92 Å².